The number of hydrogen-bond donors (Lipinski definition) is 2. The van der Waals surface area contributed by atoms with Crippen molar-refractivity contribution < 1.29 is 9.90 Å². The van der Waals surface area contributed by atoms with Crippen LogP contribution in [-0.2, 0) is 17.3 Å². The normalized spacial score (nSPS) is 16.9. The average molecular weight is 246 g/mol. The maximum absolute atomic E-state index is 11.5. The van der Waals surface area contributed by atoms with E-state index in [1.54, 1.807) is 11.6 Å². The third-order valence-electron chi connectivity index (χ3n) is 3.86. The van der Waals surface area contributed by atoms with E-state index < -0.39 is 5.97 Å². The number of nitrogens with zero attached hydrogens (tertiary/aromatic N) is 1. The minimum Gasteiger partial charge on any atom is -0.481 e. The summed E-state index contributed by atoms with van der Waals surface area (Å²) in [6.45, 7) is 0. The number of imidazole rings is 1. The van der Waals surface area contributed by atoms with Gasteiger partial charge in [0.2, 0.25) is 0 Å². The molecule has 1 aromatic carbocycles. The summed E-state index contributed by atoms with van der Waals surface area (Å²) in [6.07, 6.45) is 1.97. The summed E-state index contributed by atoms with van der Waals surface area (Å²) >= 11 is 0. The number of fused-ring (bicyclic) bond motifs is 1. The lowest BCUT2D eigenvalue weighted by Crippen LogP contribution is -2.12. The fourth-order valence-electron chi connectivity index (χ4n) is 2.57. The van der Waals surface area contributed by atoms with Crippen molar-refractivity contribution in [3.63, 3.8) is 0 Å². The Morgan fingerprint density at radius 2 is 2.22 bits per heavy atom. The average Bonchev–Trinajstić information content (AvgIpc) is 3.02. The minimum atomic E-state index is -0.769. The summed E-state index contributed by atoms with van der Waals surface area (Å²) < 4.78 is 1.55. The zero-order valence-electron chi connectivity index (χ0n) is 10.1. The fourth-order valence-corrected chi connectivity index (χ4v) is 2.57. The van der Waals surface area contributed by atoms with Gasteiger partial charge in [-0.15, -0.1) is 0 Å². The Labute approximate surface area is 103 Å². The van der Waals surface area contributed by atoms with Gasteiger partial charge in [-0.1, -0.05) is 6.07 Å². The predicted molar refractivity (Wildman–Crippen MR) is 66.7 cm³/mol. The molecular formula is C13H14N2O3. The monoisotopic (exact) mass is 246 g/mol. The third-order valence-corrected chi connectivity index (χ3v) is 3.86. The molecule has 0 atom stereocenters. The number of aryl methyl sites for hydroxylation is 1. The van der Waals surface area contributed by atoms with Crippen LogP contribution in [0.3, 0.4) is 0 Å². The lowest BCUT2D eigenvalue weighted by Gasteiger charge is -2.12. The highest BCUT2D eigenvalue weighted by atomic mass is 16.4. The summed E-state index contributed by atoms with van der Waals surface area (Å²) in [6, 6.07) is 5.72. The van der Waals surface area contributed by atoms with Crippen LogP contribution >= 0.6 is 0 Å². The van der Waals surface area contributed by atoms with Gasteiger partial charge in [-0.2, -0.15) is 0 Å². The van der Waals surface area contributed by atoms with Crippen LogP contribution in [0, 0.1) is 0 Å². The van der Waals surface area contributed by atoms with Gasteiger partial charge in [-0.05, 0) is 30.5 Å². The van der Waals surface area contributed by atoms with Crippen molar-refractivity contribution in [3.05, 3.63) is 34.2 Å². The van der Waals surface area contributed by atoms with Crippen LogP contribution < -0.4 is 5.69 Å². The number of carbonyl (C=O) groups is 1. The number of rotatable bonds is 3. The van der Waals surface area contributed by atoms with Crippen LogP contribution in [0.15, 0.2) is 23.0 Å². The van der Waals surface area contributed by atoms with Crippen LogP contribution in [0.25, 0.3) is 11.0 Å². The minimum absolute atomic E-state index is 0.148. The molecule has 1 aromatic heterocycles. The van der Waals surface area contributed by atoms with Gasteiger partial charge in [-0.3, -0.25) is 9.36 Å². The molecule has 1 heterocycles. The van der Waals surface area contributed by atoms with E-state index in [0.29, 0.717) is 0 Å². The van der Waals surface area contributed by atoms with Crippen molar-refractivity contribution in [2.45, 2.75) is 24.7 Å². The molecule has 0 aliphatic heterocycles. The molecule has 0 amide bonds. The van der Waals surface area contributed by atoms with E-state index >= 15 is 0 Å². The topological polar surface area (TPSA) is 75.1 Å². The van der Waals surface area contributed by atoms with Crippen LogP contribution in [0.2, 0.25) is 0 Å². The molecule has 1 aliphatic rings. The molecule has 3 rings (SSSR count). The molecule has 1 saturated carbocycles. The quantitative estimate of drug-likeness (QED) is 0.859. The van der Waals surface area contributed by atoms with Crippen LogP contribution in [0.4, 0.5) is 0 Å². The van der Waals surface area contributed by atoms with Gasteiger partial charge in [0.25, 0.3) is 0 Å². The lowest BCUT2D eigenvalue weighted by atomic mass is 9.92. The van der Waals surface area contributed by atoms with Gasteiger partial charge in [-0.25, -0.2) is 4.79 Å². The Morgan fingerprint density at radius 1 is 1.50 bits per heavy atom. The number of aliphatic carboxylic acids is 1. The van der Waals surface area contributed by atoms with Gasteiger partial charge in [0, 0.05) is 12.5 Å². The second-order valence-electron chi connectivity index (χ2n) is 5.07. The number of nitrogens with one attached hydrogen (secondary N) is 1. The highest BCUT2D eigenvalue weighted by Crippen LogP contribution is 2.51. The van der Waals surface area contributed by atoms with Gasteiger partial charge in [0.05, 0.1) is 17.5 Å². The van der Waals surface area contributed by atoms with Crippen molar-refractivity contribution in [3.8, 4) is 0 Å². The Kier molecular flexibility index (Phi) is 2.14. The Bertz CT molecular complexity index is 692. The number of hydrogen-bond acceptors (Lipinski definition) is 2. The molecule has 5 nitrogen and oxygen atoms in total. The molecule has 5 heteroatoms. The Morgan fingerprint density at radius 3 is 2.83 bits per heavy atom. The van der Waals surface area contributed by atoms with Gasteiger partial charge in [0.15, 0.2) is 0 Å². The van der Waals surface area contributed by atoms with Gasteiger partial charge < -0.3 is 10.1 Å². The summed E-state index contributed by atoms with van der Waals surface area (Å²) in [4.78, 5) is 25.2. The van der Waals surface area contributed by atoms with Crippen LogP contribution in [-0.4, -0.2) is 20.6 Å². The summed E-state index contributed by atoms with van der Waals surface area (Å²) in [7, 11) is 1.71. The standard InChI is InChI=1S/C13H14N2O3/c1-15-10-3-2-8(6-9(10)14-12(15)18)13(4-5-13)7-11(16)17/h2-3,6H,4-5,7H2,1H3,(H,14,18)(H,16,17). The molecule has 1 aliphatic carbocycles. The zero-order chi connectivity index (χ0) is 12.9. The van der Waals surface area contributed by atoms with E-state index in [9.17, 15) is 9.59 Å². The first-order valence-corrected chi connectivity index (χ1v) is 5.93. The molecule has 0 bridgehead atoms. The largest absolute Gasteiger partial charge is 0.481 e. The van der Waals surface area contributed by atoms with Crippen LogP contribution in [0.1, 0.15) is 24.8 Å². The van der Waals surface area contributed by atoms with E-state index in [2.05, 4.69) is 4.98 Å². The van der Waals surface area contributed by atoms with Gasteiger partial charge >= 0.3 is 11.7 Å². The van der Waals surface area contributed by atoms with Crippen molar-refractivity contribution in [2.24, 2.45) is 7.05 Å². The molecule has 94 valence electrons. The maximum Gasteiger partial charge on any atom is 0.326 e. The van der Waals surface area contributed by atoms with Crippen molar-refractivity contribution >= 4 is 17.0 Å². The molecule has 1 fully saturated rings. The first-order valence-electron chi connectivity index (χ1n) is 5.93. The molecule has 2 N–H and O–H groups in total. The summed E-state index contributed by atoms with van der Waals surface area (Å²) in [5, 5.41) is 8.95. The number of carboxylic acids is 1. The number of carboxylic acid groups (broad SMARTS) is 1. The SMILES string of the molecule is Cn1c(=O)[nH]c2cc(C3(CC(=O)O)CC3)ccc21. The molecule has 0 unspecified atom stereocenters. The number of aromatic amines is 1. The van der Waals surface area contributed by atoms with Gasteiger partial charge in [0.1, 0.15) is 0 Å². The molecule has 0 spiro atoms. The Hall–Kier alpha value is -2.04. The van der Waals surface area contributed by atoms with E-state index in [-0.39, 0.29) is 17.5 Å². The predicted octanol–water partition coefficient (Wildman–Crippen LogP) is 1.37. The lowest BCUT2D eigenvalue weighted by molar-refractivity contribution is -0.137. The van der Waals surface area contributed by atoms with Crippen molar-refractivity contribution in [1.82, 2.24) is 9.55 Å². The van der Waals surface area contributed by atoms with Crippen molar-refractivity contribution in [2.75, 3.05) is 0 Å². The van der Waals surface area contributed by atoms with Crippen molar-refractivity contribution in [1.29, 1.82) is 0 Å². The van der Waals surface area contributed by atoms with E-state index in [1.807, 2.05) is 18.2 Å². The molecule has 0 saturated heterocycles. The summed E-state index contributed by atoms with van der Waals surface area (Å²) in [5.41, 5.74) is 2.27. The van der Waals surface area contributed by atoms with Crippen LogP contribution in [0.5, 0.6) is 0 Å². The number of H-pyrrole nitrogens is 1. The molecule has 18 heavy (non-hydrogen) atoms. The smallest absolute Gasteiger partial charge is 0.326 e. The zero-order valence-corrected chi connectivity index (χ0v) is 10.1. The molecule has 0 radical (unpaired) electrons. The van der Waals surface area contributed by atoms with E-state index in [1.165, 1.54) is 0 Å². The summed E-state index contributed by atoms with van der Waals surface area (Å²) in [5.74, 6) is -0.769. The number of benzene rings is 1. The second kappa shape index (κ2) is 3.48. The molecule has 2 aromatic rings. The maximum atomic E-state index is 11.5. The Balaban J connectivity index is 2.09. The van der Waals surface area contributed by atoms with E-state index in [0.717, 1.165) is 29.4 Å². The van der Waals surface area contributed by atoms with E-state index in [4.69, 9.17) is 5.11 Å². The number of aromatic nitrogens is 2. The highest BCUT2D eigenvalue weighted by molar-refractivity contribution is 5.77. The highest BCUT2D eigenvalue weighted by Gasteiger charge is 2.46. The third kappa shape index (κ3) is 1.54. The molecular weight excluding hydrogens is 232 g/mol. The fraction of sp³-hybridized carbons (Fsp3) is 0.385. The second-order valence-corrected chi connectivity index (χ2v) is 5.07. The first kappa shape index (κ1) is 11.1. The first-order chi connectivity index (χ1) is 8.52.